The molecular weight excluding hydrogens is 431 g/mol. The predicted octanol–water partition coefficient (Wildman–Crippen LogP) is 4.40. The maximum atomic E-state index is 14.1. The normalized spacial score (nSPS) is 12.9. The first-order valence-corrected chi connectivity index (χ1v) is 11.5. The number of anilines is 1. The quantitative estimate of drug-likeness (QED) is 0.646. The van der Waals surface area contributed by atoms with E-state index in [1.165, 1.54) is 18.2 Å². The largest absolute Gasteiger partial charge is 0.484 e. The highest BCUT2D eigenvalue weighted by Crippen LogP contribution is 2.32. The molecule has 1 unspecified atom stereocenters. The van der Waals surface area contributed by atoms with Gasteiger partial charge < -0.3 is 10.1 Å². The molecule has 2 aromatic rings. The van der Waals surface area contributed by atoms with Gasteiger partial charge in [-0.05, 0) is 47.7 Å². The number of ether oxygens (including phenoxy) is 1. The predicted molar refractivity (Wildman–Crippen MR) is 117 cm³/mol. The molecule has 0 fully saturated rings. The standard InChI is InChI=1S/C21H26ClFN2O4S/c1-13(14-6-9-19(18(23)10-14)25-30(5,27)28)24-20(26)12-29-15-7-8-16(17(22)11-15)21(2,3)4/h6-11,13,25H,12H2,1-5H3,(H,24,26). The monoisotopic (exact) mass is 456 g/mol. The molecule has 0 saturated heterocycles. The molecule has 6 nitrogen and oxygen atoms in total. The minimum atomic E-state index is -3.59. The molecule has 0 aliphatic rings. The van der Waals surface area contributed by atoms with Gasteiger partial charge in [0.2, 0.25) is 10.0 Å². The van der Waals surface area contributed by atoms with Crippen molar-refractivity contribution in [2.75, 3.05) is 17.6 Å². The number of amides is 1. The Morgan fingerprint density at radius 2 is 1.87 bits per heavy atom. The lowest BCUT2D eigenvalue weighted by Crippen LogP contribution is -2.31. The summed E-state index contributed by atoms with van der Waals surface area (Å²) >= 11 is 6.30. The SMILES string of the molecule is CC(NC(=O)COc1ccc(C(C)(C)C)c(Cl)c1)c1ccc(NS(C)(=O)=O)c(F)c1. The summed E-state index contributed by atoms with van der Waals surface area (Å²) in [6, 6.07) is 8.80. The average molecular weight is 457 g/mol. The zero-order valence-corrected chi connectivity index (χ0v) is 19.1. The molecule has 30 heavy (non-hydrogen) atoms. The summed E-state index contributed by atoms with van der Waals surface area (Å²) in [7, 11) is -3.59. The summed E-state index contributed by atoms with van der Waals surface area (Å²) < 4.78 is 44.2. The Bertz CT molecular complexity index is 1040. The fourth-order valence-corrected chi connectivity index (χ4v) is 3.81. The van der Waals surface area contributed by atoms with Gasteiger partial charge in [-0.25, -0.2) is 12.8 Å². The van der Waals surface area contributed by atoms with Crippen molar-refractivity contribution in [1.29, 1.82) is 0 Å². The van der Waals surface area contributed by atoms with E-state index in [1.54, 1.807) is 19.1 Å². The molecule has 0 bridgehead atoms. The maximum absolute atomic E-state index is 14.1. The summed E-state index contributed by atoms with van der Waals surface area (Å²) in [5, 5.41) is 3.27. The number of carbonyl (C=O) groups excluding carboxylic acids is 1. The topological polar surface area (TPSA) is 84.5 Å². The van der Waals surface area contributed by atoms with Gasteiger partial charge in [0.05, 0.1) is 18.0 Å². The van der Waals surface area contributed by atoms with E-state index in [0.717, 1.165) is 11.8 Å². The minimum absolute atomic E-state index is 0.107. The average Bonchev–Trinajstić information content (AvgIpc) is 2.59. The number of halogens is 2. The molecule has 1 atom stereocenters. The Labute approximate surface area is 181 Å². The van der Waals surface area contributed by atoms with Gasteiger partial charge in [0, 0.05) is 5.02 Å². The van der Waals surface area contributed by atoms with Gasteiger partial charge >= 0.3 is 0 Å². The van der Waals surface area contributed by atoms with Crippen molar-refractivity contribution >= 4 is 33.2 Å². The smallest absolute Gasteiger partial charge is 0.258 e. The Kier molecular flexibility index (Phi) is 7.36. The molecule has 2 N–H and O–H groups in total. The number of sulfonamides is 1. The second-order valence-electron chi connectivity index (χ2n) is 8.08. The number of rotatable bonds is 7. The van der Waals surface area contributed by atoms with Crippen LogP contribution in [0.3, 0.4) is 0 Å². The van der Waals surface area contributed by atoms with Crippen molar-refractivity contribution in [3.8, 4) is 5.75 Å². The van der Waals surface area contributed by atoms with Crippen LogP contribution in [0.5, 0.6) is 5.75 Å². The van der Waals surface area contributed by atoms with E-state index in [-0.39, 0.29) is 17.7 Å². The van der Waals surface area contributed by atoms with E-state index in [4.69, 9.17) is 16.3 Å². The molecule has 0 spiro atoms. The van der Waals surface area contributed by atoms with Crippen LogP contribution in [0, 0.1) is 5.82 Å². The first-order chi connectivity index (χ1) is 13.8. The van der Waals surface area contributed by atoms with Crippen LogP contribution in [0.4, 0.5) is 10.1 Å². The van der Waals surface area contributed by atoms with Gasteiger partial charge in [-0.3, -0.25) is 9.52 Å². The van der Waals surface area contributed by atoms with E-state index >= 15 is 0 Å². The summed E-state index contributed by atoms with van der Waals surface area (Å²) in [5.41, 5.74) is 1.20. The molecule has 1 amide bonds. The second-order valence-corrected chi connectivity index (χ2v) is 10.2. The molecule has 0 aliphatic carbocycles. The highest BCUT2D eigenvalue weighted by atomic mass is 35.5. The molecule has 2 rings (SSSR count). The van der Waals surface area contributed by atoms with Crippen molar-refractivity contribution in [2.45, 2.75) is 39.2 Å². The van der Waals surface area contributed by atoms with E-state index < -0.39 is 27.8 Å². The maximum Gasteiger partial charge on any atom is 0.258 e. The van der Waals surface area contributed by atoms with Crippen LogP contribution in [0.25, 0.3) is 0 Å². The van der Waals surface area contributed by atoms with E-state index in [0.29, 0.717) is 16.3 Å². The summed E-state index contributed by atoms with van der Waals surface area (Å²) in [6.07, 6.45) is 0.938. The van der Waals surface area contributed by atoms with Crippen LogP contribution in [-0.2, 0) is 20.2 Å². The van der Waals surface area contributed by atoms with Crippen molar-refractivity contribution in [2.24, 2.45) is 0 Å². The van der Waals surface area contributed by atoms with Gasteiger partial charge in [0.15, 0.2) is 6.61 Å². The van der Waals surface area contributed by atoms with Crippen LogP contribution in [0.1, 0.15) is 44.9 Å². The van der Waals surface area contributed by atoms with Gasteiger partial charge in [-0.1, -0.05) is 44.5 Å². The van der Waals surface area contributed by atoms with Crippen LogP contribution < -0.4 is 14.8 Å². The Balaban J connectivity index is 1.96. The molecular formula is C21H26ClFN2O4S. The van der Waals surface area contributed by atoms with Crippen LogP contribution in [0.15, 0.2) is 36.4 Å². The molecule has 2 aromatic carbocycles. The van der Waals surface area contributed by atoms with Crippen LogP contribution in [-0.4, -0.2) is 27.2 Å². The number of benzene rings is 2. The molecule has 0 radical (unpaired) electrons. The Hall–Kier alpha value is -2.32. The fraction of sp³-hybridized carbons (Fsp3) is 0.381. The molecule has 0 heterocycles. The summed E-state index contributed by atoms with van der Waals surface area (Å²) in [4.78, 5) is 12.2. The zero-order chi connectivity index (χ0) is 22.7. The highest BCUT2D eigenvalue weighted by Gasteiger charge is 2.18. The molecule has 0 aliphatic heterocycles. The zero-order valence-electron chi connectivity index (χ0n) is 17.5. The minimum Gasteiger partial charge on any atom is -0.484 e. The Morgan fingerprint density at radius 3 is 2.40 bits per heavy atom. The second kappa shape index (κ2) is 9.22. The van der Waals surface area contributed by atoms with E-state index in [9.17, 15) is 17.6 Å². The molecule has 0 aromatic heterocycles. The third-order valence-electron chi connectivity index (χ3n) is 4.28. The molecule has 164 valence electrons. The first kappa shape index (κ1) is 24.0. The van der Waals surface area contributed by atoms with Gasteiger partial charge in [-0.15, -0.1) is 0 Å². The van der Waals surface area contributed by atoms with Crippen LogP contribution in [0.2, 0.25) is 5.02 Å². The third-order valence-corrected chi connectivity index (χ3v) is 5.19. The fourth-order valence-electron chi connectivity index (χ4n) is 2.79. The van der Waals surface area contributed by atoms with Crippen molar-refractivity contribution in [1.82, 2.24) is 5.32 Å². The van der Waals surface area contributed by atoms with Gasteiger partial charge in [0.1, 0.15) is 11.6 Å². The van der Waals surface area contributed by atoms with E-state index in [2.05, 4.69) is 30.8 Å². The molecule has 9 heteroatoms. The van der Waals surface area contributed by atoms with Gasteiger partial charge in [-0.2, -0.15) is 0 Å². The Morgan fingerprint density at radius 1 is 1.20 bits per heavy atom. The lowest BCUT2D eigenvalue weighted by atomic mass is 9.87. The summed E-state index contributed by atoms with van der Waals surface area (Å²) in [6.45, 7) is 7.61. The molecule has 0 saturated carbocycles. The lowest BCUT2D eigenvalue weighted by molar-refractivity contribution is -0.123. The summed E-state index contributed by atoms with van der Waals surface area (Å²) in [5.74, 6) is -0.654. The van der Waals surface area contributed by atoms with Crippen molar-refractivity contribution < 1.29 is 22.3 Å². The number of hydrogen-bond donors (Lipinski definition) is 2. The number of hydrogen-bond acceptors (Lipinski definition) is 4. The van der Waals surface area contributed by atoms with Crippen LogP contribution >= 0.6 is 11.6 Å². The lowest BCUT2D eigenvalue weighted by Gasteiger charge is -2.21. The van der Waals surface area contributed by atoms with Crippen molar-refractivity contribution in [3.63, 3.8) is 0 Å². The number of carbonyl (C=O) groups is 1. The first-order valence-electron chi connectivity index (χ1n) is 9.25. The van der Waals surface area contributed by atoms with Gasteiger partial charge in [0.25, 0.3) is 5.91 Å². The highest BCUT2D eigenvalue weighted by molar-refractivity contribution is 7.92. The third kappa shape index (κ3) is 6.88. The van der Waals surface area contributed by atoms with E-state index in [1.807, 2.05) is 6.07 Å². The van der Waals surface area contributed by atoms with Crippen molar-refractivity contribution in [3.05, 3.63) is 58.4 Å². The number of nitrogens with one attached hydrogen (secondary N) is 2.